The third-order valence-corrected chi connectivity index (χ3v) is 0.622. The quantitative estimate of drug-likeness (QED) is 0.487. The number of halogens is 4. The highest BCUT2D eigenvalue weighted by molar-refractivity contribution is 6.50. The van der Waals surface area contributed by atoms with Crippen LogP contribution in [-0.2, 0) is 0 Å². The molecule has 11 heavy (non-hydrogen) atoms. The van der Waals surface area contributed by atoms with Crippen LogP contribution in [0.15, 0.2) is 12.3 Å². The van der Waals surface area contributed by atoms with Crippen molar-refractivity contribution in [2.75, 3.05) is 0 Å². The number of rotatable bonds is 2. The lowest BCUT2D eigenvalue weighted by atomic mass is 10.3. The molecule has 0 unspecified atom stereocenters. The van der Waals surface area contributed by atoms with Gasteiger partial charge in [0.15, 0.2) is 0 Å². The molecule has 6 heteroatoms. The Morgan fingerprint density at radius 1 is 1.27 bits per heavy atom. The average molecular weight is 173 g/mol. The normalized spacial score (nSPS) is 11.1. The van der Waals surface area contributed by atoms with E-state index in [1.54, 1.807) is 0 Å². The van der Waals surface area contributed by atoms with Gasteiger partial charge in [-0.15, -0.1) is 0 Å². The van der Waals surface area contributed by atoms with E-state index >= 15 is 0 Å². The van der Waals surface area contributed by atoms with Gasteiger partial charge in [0.25, 0.3) is 0 Å². The van der Waals surface area contributed by atoms with Gasteiger partial charge in [-0.3, -0.25) is 0 Å². The molecule has 0 rings (SSSR count). The minimum Gasteiger partial charge on any atom is -0.418 e. The predicted octanol–water partition coefficient (Wildman–Crippen LogP) is 1.84. The molecule has 0 bridgehead atoms. The standard InChI is InChI=1S/C5H11N.BF4/c1-2-3-4-5-6;2-1(3,4)5/h4-5H,2-3,6H2,1H3;/q;-1/p+1. The van der Waals surface area contributed by atoms with Gasteiger partial charge in [0.1, 0.15) is 0 Å². The molecule has 0 aromatic carbocycles. The summed E-state index contributed by atoms with van der Waals surface area (Å²) in [7, 11) is -6.00. The molecule has 0 aromatic heterocycles. The van der Waals surface area contributed by atoms with Gasteiger partial charge in [-0.1, -0.05) is 13.3 Å². The zero-order valence-electron chi connectivity index (χ0n) is 6.37. The highest BCUT2D eigenvalue weighted by Crippen LogP contribution is 2.06. The molecule has 0 aliphatic heterocycles. The molecular weight excluding hydrogens is 161 g/mol. The Labute approximate surface area is 63.4 Å². The monoisotopic (exact) mass is 173 g/mol. The first-order chi connectivity index (χ1) is 4.91. The Kier molecular flexibility index (Phi) is 9.04. The summed E-state index contributed by atoms with van der Waals surface area (Å²) in [4.78, 5) is 0. The second-order valence-corrected chi connectivity index (χ2v) is 1.75. The Morgan fingerprint density at radius 3 is 1.73 bits per heavy atom. The van der Waals surface area contributed by atoms with Crippen LogP contribution in [-0.4, -0.2) is 7.25 Å². The smallest absolute Gasteiger partial charge is 0.418 e. The van der Waals surface area contributed by atoms with Crippen molar-refractivity contribution < 1.29 is 23.0 Å². The lowest BCUT2D eigenvalue weighted by molar-refractivity contribution is -0.275. The Bertz CT molecular complexity index is 95.1. The van der Waals surface area contributed by atoms with E-state index in [4.69, 9.17) is 0 Å². The van der Waals surface area contributed by atoms with Gasteiger partial charge in [-0.2, -0.15) is 0 Å². The number of quaternary nitrogens is 1. The minimum atomic E-state index is -6.00. The van der Waals surface area contributed by atoms with Crippen LogP contribution < -0.4 is 5.73 Å². The van der Waals surface area contributed by atoms with Crippen LogP contribution in [0.2, 0.25) is 0 Å². The van der Waals surface area contributed by atoms with Crippen molar-refractivity contribution in [3.63, 3.8) is 0 Å². The molecule has 0 aliphatic rings. The third-order valence-electron chi connectivity index (χ3n) is 0.622. The van der Waals surface area contributed by atoms with Gasteiger partial charge in [-0.05, 0) is 12.5 Å². The van der Waals surface area contributed by atoms with Crippen LogP contribution in [0.25, 0.3) is 0 Å². The fourth-order valence-electron chi connectivity index (χ4n) is 0.285. The molecule has 0 fully saturated rings. The first kappa shape index (κ1) is 13.1. The van der Waals surface area contributed by atoms with Crippen LogP contribution in [0, 0.1) is 0 Å². The molecule has 0 aliphatic carbocycles. The summed E-state index contributed by atoms with van der Waals surface area (Å²) in [6, 6.07) is 0. The van der Waals surface area contributed by atoms with Gasteiger partial charge in [0.2, 0.25) is 0 Å². The lowest BCUT2D eigenvalue weighted by Crippen LogP contribution is -2.39. The van der Waals surface area contributed by atoms with Crippen molar-refractivity contribution >= 4 is 7.25 Å². The van der Waals surface area contributed by atoms with Gasteiger partial charge < -0.3 is 23.0 Å². The van der Waals surface area contributed by atoms with Gasteiger partial charge in [-0.25, -0.2) is 0 Å². The number of unbranched alkanes of at least 4 members (excludes halogenated alkanes) is 1. The van der Waals surface area contributed by atoms with Crippen LogP contribution in [0.1, 0.15) is 19.8 Å². The zero-order valence-corrected chi connectivity index (χ0v) is 6.37. The van der Waals surface area contributed by atoms with Crippen LogP contribution in [0.4, 0.5) is 17.3 Å². The second-order valence-electron chi connectivity index (χ2n) is 1.75. The summed E-state index contributed by atoms with van der Waals surface area (Å²) in [6.45, 7) is 2.15. The van der Waals surface area contributed by atoms with E-state index in [0.29, 0.717) is 0 Å². The summed E-state index contributed by atoms with van der Waals surface area (Å²) in [5.74, 6) is 0. The van der Waals surface area contributed by atoms with Crippen LogP contribution in [0.5, 0.6) is 0 Å². The van der Waals surface area contributed by atoms with Crippen LogP contribution in [0.3, 0.4) is 0 Å². The fourth-order valence-corrected chi connectivity index (χ4v) is 0.285. The molecule has 0 heterocycles. The zero-order chi connectivity index (χ0) is 9.33. The Morgan fingerprint density at radius 2 is 1.64 bits per heavy atom. The van der Waals surface area contributed by atoms with Crippen molar-refractivity contribution in [2.45, 2.75) is 19.8 Å². The number of hydrogen-bond acceptors (Lipinski definition) is 0. The lowest BCUT2D eigenvalue weighted by Gasteiger charge is -1.94. The molecule has 0 amide bonds. The van der Waals surface area contributed by atoms with Gasteiger partial charge in [0.05, 0.1) is 6.20 Å². The van der Waals surface area contributed by atoms with Crippen molar-refractivity contribution in [2.24, 2.45) is 0 Å². The van der Waals surface area contributed by atoms with Gasteiger partial charge in [0, 0.05) is 0 Å². The van der Waals surface area contributed by atoms with Crippen LogP contribution >= 0.6 is 0 Å². The third kappa shape index (κ3) is 86.1. The number of hydrogen-bond donors (Lipinski definition) is 1. The van der Waals surface area contributed by atoms with E-state index in [-0.39, 0.29) is 0 Å². The predicted molar refractivity (Wildman–Crippen MR) is 37.1 cm³/mol. The molecular formula is C5H12BF4N. The molecule has 0 radical (unpaired) electrons. The van der Waals surface area contributed by atoms with E-state index in [2.05, 4.69) is 18.7 Å². The molecule has 0 saturated heterocycles. The molecule has 0 spiro atoms. The van der Waals surface area contributed by atoms with E-state index in [1.165, 1.54) is 12.8 Å². The van der Waals surface area contributed by atoms with Crippen molar-refractivity contribution in [3.05, 3.63) is 12.3 Å². The SMILES string of the molecule is CCCC=C[NH3+].F[B-](F)(F)F. The average Bonchev–Trinajstić information content (AvgIpc) is 1.79. The summed E-state index contributed by atoms with van der Waals surface area (Å²) >= 11 is 0. The van der Waals surface area contributed by atoms with E-state index < -0.39 is 7.25 Å². The molecule has 0 saturated carbocycles. The molecule has 0 atom stereocenters. The highest BCUT2D eigenvalue weighted by atomic mass is 19.5. The Hall–Kier alpha value is -0.515. The van der Waals surface area contributed by atoms with Crippen molar-refractivity contribution in [1.29, 1.82) is 0 Å². The molecule has 0 aromatic rings. The summed E-state index contributed by atoms with van der Waals surface area (Å²) in [5, 5.41) is 0. The molecule has 1 nitrogen and oxygen atoms in total. The van der Waals surface area contributed by atoms with E-state index in [9.17, 15) is 17.3 Å². The van der Waals surface area contributed by atoms with Crippen molar-refractivity contribution in [3.8, 4) is 0 Å². The summed E-state index contributed by atoms with van der Waals surface area (Å²) in [6.07, 6.45) is 6.30. The highest BCUT2D eigenvalue weighted by Gasteiger charge is 2.20. The fraction of sp³-hybridized carbons (Fsp3) is 0.600. The van der Waals surface area contributed by atoms with Crippen molar-refractivity contribution in [1.82, 2.24) is 0 Å². The van der Waals surface area contributed by atoms with E-state index in [0.717, 1.165) is 0 Å². The topological polar surface area (TPSA) is 27.6 Å². The second kappa shape index (κ2) is 7.59. The largest absolute Gasteiger partial charge is 0.673 e. The van der Waals surface area contributed by atoms with E-state index in [1.807, 2.05) is 6.20 Å². The maximum absolute atomic E-state index is 9.75. The first-order valence-corrected chi connectivity index (χ1v) is 3.23. The Balaban J connectivity index is 0. The van der Waals surface area contributed by atoms with Gasteiger partial charge >= 0.3 is 7.25 Å². The first-order valence-electron chi connectivity index (χ1n) is 3.23. The maximum Gasteiger partial charge on any atom is 0.673 e. The summed E-state index contributed by atoms with van der Waals surface area (Å²) < 4.78 is 39.0. The minimum absolute atomic E-state index is 1.17. The summed E-state index contributed by atoms with van der Waals surface area (Å²) in [5.41, 5.74) is 3.54. The molecule has 68 valence electrons. The molecule has 3 N–H and O–H groups in total. The number of allylic oxidation sites excluding steroid dienone is 1. The maximum atomic E-state index is 9.75.